The molecular weight excluding hydrogens is 143 g/mol. The Morgan fingerprint density at radius 2 is 2.00 bits per heavy atom. The van der Waals surface area contributed by atoms with Crippen LogP contribution in [0.2, 0.25) is 0 Å². The zero-order valence-electron chi connectivity index (χ0n) is 5.45. The van der Waals surface area contributed by atoms with Gasteiger partial charge in [0.2, 0.25) is 0 Å². The van der Waals surface area contributed by atoms with Gasteiger partial charge in [-0.15, -0.1) is 11.8 Å². The fraction of sp³-hybridized carbons (Fsp3) is 0.714. The number of unbranched alkanes of at least 4 members (excludes halogenated alkanes) is 2. The third-order valence-electron chi connectivity index (χ3n) is 0.832. The monoisotopic (exact) mass is 155 g/mol. The van der Waals surface area contributed by atoms with Gasteiger partial charge in [0, 0.05) is 23.2 Å². The smallest absolute Gasteiger partial charge is 0.00884 e. The average molecular weight is 155 g/mol. The third kappa shape index (κ3) is 9.42. The van der Waals surface area contributed by atoms with Crippen LogP contribution in [0.15, 0.2) is 0 Å². The van der Waals surface area contributed by atoms with Gasteiger partial charge in [-0.1, -0.05) is 13.3 Å². The van der Waals surface area contributed by atoms with Crippen LogP contribution in [-0.4, -0.2) is 0 Å². The predicted octanol–water partition coefficient (Wildman–Crippen LogP) is 2.20. The fourth-order valence-electron chi connectivity index (χ4n) is 0.390. The summed E-state index contributed by atoms with van der Waals surface area (Å²) < 4.78 is 0. The van der Waals surface area contributed by atoms with Gasteiger partial charge < -0.3 is 0 Å². The van der Waals surface area contributed by atoms with Crippen LogP contribution in [-0.2, 0) is 16.8 Å². The molecule has 0 bridgehead atoms. The molecule has 49 valence electrons. The maximum Gasteiger partial charge on any atom is 0.00884 e. The quantitative estimate of drug-likeness (QED) is 0.423. The summed E-state index contributed by atoms with van der Waals surface area (Å²) in [7, 11) is 0. The van der Waals surface area contributed by atoms with Gasteiger partial charge in [-0.3, -0.25) is 0 Å². The minimum atomic E-state index is 0. The molecule has 0 unspecified atom stereocenters. The van der Waals surface area contributed by atoms with Crippen molar-refractivity contribution >= 4 is 0 Å². The normalized spacial score (nSPS) is 6.25. The molecular formula is C7H12Co. The maximum absolute atomic E-state index is 3.00. The molecule has 0 N–H and O–H groups in total. The van der Waals surface area contributed by atoms with Crippen LogP contribution < -0.4 is 0 Å². The number of rotatable bonds is 2. The topological polar surface area (TPSA) is 0 Å². The molecule has 1 radical (unpaired) electrons. The Labute approximate surface area is 62.2 Å². The Kier molecular flexibility index (Phi) is 13.9. The van der Waals surface area contributed by atoms with Gasteiger partial charge >= 0.3 is 0 Å². The summed E-state index contributed by atoms with van der Waals surface area (Å²) >= 11 is 0. The minimum Gasteiger partial charge on any atom is -0.107 e. The second kappa shape index (κ2) is 10.1. The van der Waals surface area contributed by atoms with Crippen molar-refractivity contribution in [3.05, 3.63) is 0 Å². The summed E-state index contributed by atoms with van der Waals surface area (Å²) in [5, 5.41) is 0. The van der Waals surface area contributed by atoms with E-state index in [1.54, 1.807) is 0 Å². The number of hydrogen-bond donors (Lipinski definition) is 0. The molecule has 0 spiro atoms. The third-order valence-corrected chi connectivity index (χ3v) is 0.832. The van der Waals surface area contributed by atoms with E-state index in [9.17, 15) is 0 Å². The van der Waals surface area contributed by atoms with E-state index in [1.165, 1.54) is 12.8 Å². The summed E-state index contributed by atoms with van der Waals surface area (Å²) in [4.78, 5) is 0. The second-order valence-electron chi connectivity index (χ2n) is 1.53. The van der Waals surface area contributed by atoms with E-state index in [4.69, 9.17) is 0 Å². The van der Waals surface area contributed by atoms with Gasteiger partial charge in [0.25, 0.3) is 0 Å². The molecule has 0 aliphatic carbocycles. The van der Waals surface area contributed by atoms with Crippen molar-refractivity contribution in [3.63, 3.8) is 0 Å². The average Bonchev–Trinajstić information content (AvgIpc) is 1.69. The Balaban J connectivity index is 0. The van der Waals surface area contributed by atoms with E-state index < -0.39 is 0 Å². The fourth-order valence-corrected chi connectivity index (χ4v) is 0.390. The zero-order chi connectivity index (χ0) is 5.54. The van der Waals surface area contributed by atoms with Crippen LogP contribution in [0.25, 0.3) is 0 Å². The van der Waals surface area contributed by atoms with Gasteiger partial charge in [-0.2, -0.15) is 0 Å². The summed E-state index contributed by atoms with van der Waals surface area (Å²) in [5.74, 6) is 5.85. The second-order valence-corrected chi connectivity index (χ2v) is 1.53. The van der Waals surface area contributed by atoms with Crippen molar-refractivity contribution in [3.8, 4) is 11.8 Å². The number of hydrogen-bond acceptors (Lipinski definition) is 0. The molecule has 0 aromatic heterocycles. The molecule has 0 saturated carbocycles. The summed E-state index contributed by atoms with van der Waals surface area (Å²) in [6, 6.07) is 0. The molecule has 0 fully saturated rings. The van der Waals surface area contributed by atoms with Crippen molar-refractivity contribution < 1.29 is 16.8 Å². The van der Waals surface area contributed by atoms with E-state index in [-0.39, 0.29) is 16.8 Å². The van der Waals surface area contributed by atoms with Crippen molar-refractivity contribution in [2.75, 3.05) is 0 Å². The Morgan fingerprint density at radius 3 is 2.38 bits per heavy atom. The molecule has 0 aromatic carbocycles. The van der Waals surface area contributed by atoms with E-state index in [0.717, 1.165) is 6.42 Å². The zero-order valence-corrected chi connectivity index (χ0v) is 6.50. The van der Waals surface area contributed by atoms with Gasteiger partial charge in [0.15, 0.2) is 0 Å². The minimum absolute atomic E-state index is 0. The Hall–Kier alpha value is 0.0665. The molecule has 0 heterocycles. The van der Waals surface area contributed by atoms with Gasteiger partial charge in [-0.25, -0.2) is 0 Å². The first kappa shape index (κ1) is 10.9. The SMILES string of the molecule is CC#CCCCC.[Co]. The molecule has 0 amide bonds. The molecule has 0 nitrogen and oxygen atoms in total. The first-order chi connectivity index (χ1) is 3.41. The van der Waals surface area contributed by atoms with Crippen molar-refractivity contribution in [1.82, 2.24) is 0 Å². The molecule has 0 atom stereocenters. The van der Waals surface area contributed by atoms with Crippen LogP contribution in [0, 0.1) is 11.8 Å². The van der Waals surface area contributed by atoms with Gasteiger partial charge in [-0.05, 0) is 13.3 Å². The molecule has 0 rings (SSSR count). The maximum atomic E-state index is 3.00. The van der Waals surface area contributed by atoms with Crippen LogP contribution in [0.1, 0.15) is 33.1 Å². The van der Waals surface area contributed by atoms with E-state index in [0.29, 0.717) is 0 Å². The van der Waals surface area contributed by atoms with Crippen LogP contribution >= 0.6 is 0 Å². The standard InChI is InChI=1S/C7H12.Co/c1-3-5-7-6-4-2;/h3,5,7H2,1-2H3;. The Bertz CT molecular complexity index is 76.1. The predicted molar refractivity (Wildman–Crippen MR) is 33.0 cm³/mol. The van der Waals surface area contributed by atoms with E-state index in [2.05, 4.69) is 18.8 Å². The Morgan fingerprint density at radius 1 is 1.38 bits per heavy atom. The largest absolute Gasteiger partial charge is 0.107 e. The molecule has 0 aliphatic rings. The van der Waals surface area contributed by atoms with Gasteiger partial charge in [0.05, 0.1) is 0 Å². The first-order valence-electron chi connectivity index (χ1n) is 2.81. The molecule has 0 aromatic rings. The van der Waals surface area contributed by atoms with Crippen molar-refractivity contribution in [2.24, 2.45) is 0 Å². The van der Waals surface area contributed by atoms with E-state index in [1.807, 2.05) is 6.92 Å². The first-order valence-corrected chi connectivity index (χ1v) is 2.81. The molecule has 0 saturated heterocycles. The molecule has 8 heavy (non-hydrogen) atoms. The van der Waals surface area contributed by atoms with Crippen molar-refractivity contribution in [2.45, 2.75) is 33.1 Å². The van der Waals surface area contributed by atoms with Gasteiger partial charge in [0.1, 0.15) is 0 Å². The van der Waals surface area contributed by atoms with Crippen LogP contribution in [0.4, 0.5) is 0 Å². The van der Waals surface area contributed by atoms with Crippen LogP contribution in [0.5, 0.6) is 0 Å². The molecule has 0 aliphatic heterocycles. The van der Waals surface area contributed by atoms with E-state index >= 15 is 0 Å². The molecule has 1 heteroatoms. The van der Waals surface area contributed by atoms with Crippen LogP contribution in [0.3, 0.4) is 0 Å². The summed E-state index contributed by atoms with van der Waals surface area (Å²) in [6.07, 6.45) is 3.59. The van der Waals surface area contributed by atoms with Crippen molar-refractivity contribution in [1.29, 1.82) is 0 Å². The summed E-state index contributed by atoms with van der Waals surface area (Å²) in [5.41, 5.74) is 0. The summed E-state index contributed by atoms with van der Waals surface area (Å²) in [6.45, 7) is 4.06.